The van der Waals surface area contributed by atoms with Crippen molar-refractivity contribution >= 4 is 23.4 Å². The van der Waals surface area contributed by atoms with Gasteiger partial charge in [-0.2, -0.15) is 0 Å². The highest BCUT2D eigenvalue weighted by atomic mass is 35.5. The van der Waals surface area contributed by atoms with Gasteiger partial charge in [0.2, 0.25) is 5.91 Å². The molecule has 0 bridgehead atoms. The molecule has 2 aromatic carbocycles. The summed E-state index contributed by atoms with van der Waals surface area (Å²) < 4.78 is 0. The first-order valence-electron chi connectivity index (χ1n) is 8.53. The van der Waals surface area contributed by atoms with Crippen LogP contribution in [0.3, 0.4) is 0 Å². The number of rotatable bonds is 4. The van der Waals surface area contributed by atoms with Crippen LogP contribution in [0.4, 0.5) is 0 Å². The second kappa shape index (κ2) is 8.19. The van der Waals surface area contributed by atoms with E-state index in [9.17, 15) is 9.59 Å². The first-order chi connectivity index (χ1) is 12.6. The van der Waals surface area contributed by atoms with Crippen molar-refractivity contribution in [1.82, 2.24) is 9.80 Å². The van der Waals surface area contributed by atoms with Crippen LogP contribution in [0, 0.1) is 0 Å². The van der Waals surface area contributed by atoms with E-state index in [1.165, 1.54) is 5.54 Å². The van der Waals surface area contributed by atoms with Crippen molar-refractivity contribution in [2.45, 2.75) is 19.0 Å². The highest BCUT2D eigenvalue weighted by Gasteiger charge is 2.38. The van der Waals surface area contributed by atoms with Crippen LogP contribution >= 0.6 is 11.6 Å². The molecule has 0 aliphatic carbocycles. The fraction of sp³-hybridized carbons (Fsp3) is 0.238. The van der Waals surface area contributed by atoms with E-state index in [2.05, 4.69) is 0 Å². The molecule has 1 fully saturated rings. The van der Waals surface area contributed by atoms with E-state index in [0.29, 0.717) is 25.1 Å². The van der Waals surface area contributed by atoms with Gasteiger partial charge in [-0.25, -0.2) is 0 Å². The van der Waals surface area contributed by atoms with Gasteiger partial charge in [0.05, 0.1) is 0 Å². The van der Waals surface area contributed by atoms with Gasteiger partial charge in [-0.3, -0.25) is 9.59 Å². The number of carbonyl (C=O) groups is 2. The van der Waals surface area contributed by atoms with Crippen LogP contribution in [0.1, 0.15) is 22.3 Å². The average Bonchev–Trinajstić information content (AvgIpc) is 3.12. The number of amides is 2. The molecule has 0 spiro atoms. The molecule has 1 unspecified atom stereocenters. The summed E-state index contributed by atoms with van der Waals surface area (Å²) in [5.74, 6) is -0.225. The zero-order valence-electron chi connectivity index (χ0n) is 14.6. The molecule has 0 aromatic heterocycles. The molecule has 3 rings (SSSR count). The van der Waals surface area contributed by atoms with Crippen LogP contribution in [-0.2, 0) is 11.3 Å². The summed E-state index contributed by atoms with van der Waals surface area (Å²) in [6.45, 7) is 0.885. The van der Waals surface area contributed by atoms with E-state index in [0.717, 1.165) is 11.1 Å². The maximum atomic E-state index is 13.0. The Balaban J connectivity index is 1.79. The predicted octanol–water partition coefficient (Wildman–Crippen LogP) is 3.68. The Morgan fingerprint density at radius 1 is 1.12 bits per heavy atom. The Kier molecular flexibility index (Phi) is 5.74. The van der Waals surface area contributed by atoms with Crippen LogP contribution in [0.2, 0.25) is 0 Å². The van der Waals surface area contributed by atoms with Crippen molar-refractivity contribution in [1.29, 1.82) is 0 Å². The first kappa shape index (κ1) is 18.2. The van der Waals surface area contributed by atoms with E-state index >= 15 is 0 Å². The summed E-state index contributed by atoms with van der Waals surface area (Å²) in [5, 5.41) is 0. The Morgan fingerprint density at radius 3 is 2.35 bits per heavy atom. The lowest BCUT2D eigenvalue weighted by atomic mass is 10.1. The summed E-state index contributed by atoms with van der Waals surface area (Å²) in [5.41, 5.74) is 4.00. The van der Waals surface area contributed by atoms with E-state index in [4.69, 9.17) is 11.6 Å². The van der Waals surface area contributed by atoms with Crippen LogP contribution in [0.5, 0.6) is 0 Å². The minimum Gasteiger partial charge on any atom is -0.340 e. The molecule has 2 amide bonds. The molecule has 5 heteroatoms. The molecule has 26 heavy (non-hydrogen) atoms. The third-order valence-electron chi connectivity index (χ3n) is 4.56. The quantitative estimate of drug-likeness (QED) is 0.825. The second-order valence-electron chi connectivity index (χ2n) is 6.47. The lowest BCUT2D eigenvalue weighted by molar-refractivity contribution is -0.134. The molecule has 0 saturated carbocycles. The van der Waals surface area contributed by atoms with Crippen molar-refractivity contribution in [3.05, 3.63) is 82.9 Å². The lowest BCUT2D eigenvalue weighted by Gasteiger charge is -2.28. The number of hydrogen-bond donors (Lipinski definition) is 0. The molecule has 1 saturated heterocycles. The molecule has 1 heterocycles. The molecule has 4 nitrogen and oxygen atoms in total. The van der Waals surface area contributed by atoms with E-state index in [1.54, 1.807) is 29.0 Å². The molecular formula is C21H21ClN2O2. The molecule has 0 radical (unpaired) electrons. The summed E-state index contributed by atoms with van der Waals surface area (Å²) in [6.07, 6.45) is 0.472. The maximum Gasteiger partial charge on any atom is 0.254 e. The van der Waals surface area contributed by atoms with Gasteiger partial charge in [-0.15, -0.1) is 0 Å². The van der Waals surface area contributed by atoms with Gasteiger partial charge in [0.15, 0.2) is 0 Å². The minimum atomic E-state index is -0.526. The smallest absolute Gasteiger partial charge is 0.254 e. The van der Waals surface area contributed by atoms with E-state index in [-0.39, 0.29) is 11.8 Å². The van der Waals surface area contributed by atoms with Crippen molar-refractivity contribution in [2.24, 2.45) is 0 Å². The number of benzene rings is 2. The number of hydrogen-bond acceptors (Lipinski definition) is 2. The largest absolute Gasteiger partial charge is 0.340 e. The molecule has 0 N–H and O–H groups in total. The van der Waals surface area contributed by atoms with Gasteiger partial charge >= 0.3 is 0 Å². The van der Waals surface area contributed by atoms with Crippen LogP contribution in [-0.4, -0.2) is 41.2 Å². The summed E-state index contributed by atoms with van der Waals surface area (Å²) in [4.78, 5) is 29.2. The van der Waals surface area contributed by atoms with Crippen LogP contribution in [0.15, 0.2) is 71.8 Å². The van der Waals surface area contributed by atoms with Crippen LogP contribution < -0.4 is 0 Å². The zero-order chi connectivity index (χ0) is 18.5. The standard InChI is InChI=1S/C21H21ClN2O2/c1-23(14-16-8-4-2-5-9-16)21(26)19-12-17(13-22)15-24(19)20(25)18-10-6-3-7-11-18/h2-11,13,19H,12,14-15H2,1H3/b17-13+. The zero-order valence-corrected chi connectivity index (χ0v) is 15.4. The van der Waals surface area contributed by atoms with Crippen molar-refractivity contribution in [3.63, 3.8) is 0 Å². The molecule has 1 aliphatic rings. The number of likely N-dealkylation sites (tertiary alicyclic amines) is 1. The highest BCUT2D eigenvalue weighted by molar-refractivity contribution is 6.25. The van der Waals surface area contributed by atoms with Gasteiger partial charge in [-0.1, -0.05) is 60.1 Å². The first-order valence-corrected chi connectivity index (χ1v) is 8.97. The maximum absolute atomic E-state index is 13.0. The topological polar surface area (TPSA) is 40.6 Å². The number of carbonyl (C=O) groups excluding carboxylic acids is 2. The Bertz CT molecular complexity index is 805. The monoisotopic (exact) mass is 368 g/mol. The lowest BCUT2D eigenvalue weighted by Crippen LogP contribution is -2.46. The number of nitrogens with zero attached hydrogens (tertiary/aromatic N) is 2. The van der Waals surface area contributed by atoms with E-state index < -0.39 is 6.04 Å². The Labute approximate surface area is 158 Å². The van der Waals surface area contributed by atoms with Gasteiger partial charge in [-0.05, 0) is 23.3 Å². The van der Waals surface area contributed by atoms with Crippen molar-refractivity contribution in [3.8, 4) is 0 Å². The molecule has 1 aliphatic heterocycles. The SMILES string of the molecule is CN(Cc1ccccc1)C(=O)C1C/C(=C\Cl)CN1C(=O)c1ccccc1. The number of likely N-dealkylation sites (N-methyl/N-ethyl adjacent to an activating group) is 1. The Morgan fingerprint density at radius 2 is 1.73 bits per heavy atom. The number of halogens is 1. The summed E-state index contributed by atoms with van der Waals surface area (Å²) in [6, 6.07) is 18.3. The molecule has 2 aromatic rings. The van der Waals surface area contributed by atoms with Gasteiger partial charge < -0.3 is 9.80 Å². The van der Waals surface area contributed by atoms with Gasteiger partial charge in [0.1, 0.15) is 6.04 Å². The molecular weight excluding hydrogens is 348 g/mol. The van der Waals surface area contributed by atoms with Gasteiger partial charge in [0, 0.05) is 37.7 Å². The second-order valence-corrected chi connectivity index (χ2v) is 6.68. The summed E-state index contributed by atoms with van der Waals surface area (Å²) in [7, 11) is 1.77. The summed E-state index contributed by atoms with van der Waals surface area (Å²) >= 11 is 5.88. The van der Waals surface area contributed by atoms with Gasteiger partial charge in [0.25, 0.3) is 5.91 Å². The van der Waals surface area contributed by atoms with E-state index in [1.807, 2.05) is 48.5 Å². The fourth-order valence-electron chi connectivity index (χ4n) is 3.20. The van der Waals surface area contributed by atoms with Crippen molar-refractivity contribution < 1.29 is 9.59 Å². The molecule has 1 atom stereocenters. The average molecular weight is 369 g/mol. The normalized spacial score (nSPS) is 18.2. The van der Waals surface area contributed by atoms with Crippen LogP contribution in [0.25, 0.3) is 0 Å². The third-order valence-corrected chi connectivity index (χ3v) is 4.87. The third kappa shape index (κ3) is 3.97. The minimum absolute atomic E-state index is 0.0772. The molecule has 134 valence electrons. The fourth-order valence-corrected chi connectivity index (χ4v) is 3.36. The highest BCUT2D eigenvalue weighted by Crippen LogP contribution is 2.27. The predicted molar refractivity (Wildman–Crippen MR) is 103 cm³/mol. The van der Waals surface area contributed by atoms with Crippen molar-refractivity contribution in [2.75, 3.05) is 13.6 Å². The Hall–Kier alpha value is -2.59.